The van der Waals surface area contributed by atoms with Crippen LogP contribution >= 0.6 is 0 Å². The first kappa shape index (κ1) is 20.8. The molecule has 1 atom stereocenters. The monoisotopic (exact) mass is 441 g/mol. The van der Waals surface area contributed by atoms with Crippen LogP contribution in [0.5, 0.6) is 5.75 Å². The molecule has 1 N–H and O–H groups in total. The molecule has 33 heavy (non-hydrogen) atoms. The van der Waals surface area contributed by atoms with E-state index in [1.807, 2.05) is 67.7 Å². The van der Waals surface area contributed by atoms with Crippen LogP contribution in [0.2, 0.25) is 0 Å². The number of ether oxygens (including phenoxy) is 1. The fraction of sp³-hybridized carbons (Fsp3) is 0.148. The summed E-state index contributed by atoms with van der Waals surface area (Å²) in [5.41, 5.74) is 5.41. The molecule has 2 amide bonds. The predicted molar refractivity (Wildman–Crippen MR) is 126 cm³/mol. The second-order valence-electron chi connectivity index (χ2n) is 8.15. The fourth-order valence-electron chi connectivity index (χ4n) is 4.44. The topological polar surface area (TPSA) is 46.5 Å². The summed E-state index contributed by atoms with van der Waals surface area (Å²) in [6.07, 6.45) is 2.00. The molecule has 5 rings (SSSR count). The van der Waals surface area contributed by atoms with Crippen LogP contribution in [0.15, 0.2) is 85.1 Å². The van der Waals surface area contributed by atoms with Crippen LogP contribution in [0.1, 0.15) is 28.4 Å². The maximum Gasteiger partial charge on any atom is 0.323 e. The highest BCUT2D eigenvalue weighted by molar-refractivity contribution is 5.92. The minimum atomic E-state index is -0.413. The van der Waals surface area contributed by atoms with Gasteiger partial charge >= 0.3 is 6.03 Å². The van der Waals surface area contributed by atoms with Crippen LogP contribution in [0.25, 0.3) is 5.69 Å². The van der Waals surface area contributed by atoms with E-state index in [4.69, 9.17) is 4.74 Å². The van der Waals surface area contributed by atoms with Crippen molar-refractivity contribution in [2.45, 2.75) is 19.5 Å². The number of nitrogens with zero attached hydrogens (tertiary/aromatic N) is 2. The number of halogens is 1. The number of rotatable bonds is 3. The van der Waals surface area contributed by atoms with Crippen molar-refractivity contribution in [3.63, 3.8) is 0 Å². The summed E-state index contributed by atoms with van der Waals surface area (Å²) < 4.78 is 21.3. The Hall–Kier alpha value is -4.06. The van der Waals surface area contributed by atoms with Gasteiger partial charge in [-0.1, -0.05) is 36.4 Å². The first-order valence-corrected chi connectivity index (χ1v) is 10.8. The van der Waals surface area contributed by atoms with Gasteiger partial charge in [-0.2, -0.15) is 0 Å². The lowest BCUT2D eigenvalue weighted by Gasteiger charge is -2.31. The molecule has 0 saturated heterocycles. The maximum atomic E-state index is 13.8. The molecule has 166 valence electrons. The molecule has 6 heteroatoms. The molecular formula is C27H24FN3O2. The Kier molecular flexibility index (Phi) is 5.34. The molecule has 0 spiro atoms. The van der Waals surface area contributed by atoms with Crippen molar-refractivity contribution in [3.05, 3.63) is 113 Å². The number of amides is 2. The number of hydrogen-bond acceptors (Lipinski definition) is 2. The van der Waals surface area contributed by atoms with Gasteiger partial charge in [-0.25, -0.2) is 9.18 Å². The number of aromatic nitrogens is 1. The first-order chi connectivity index (χ1) is 16.0. The van der Waals surface area contributed by atoms with E-state index in [9.17, 15) is 9.18 Å². The molecule has 0 saturated carbocycles. The first-order valence-electron chi connectivity index (χ1n) is 10.8. The van der Waals surface area contributed by atoms with Gasteiger partial charge in [0.05, 0.1) is 31.1 Å². The highest BCUT2D eigenvalue weighted by Crippen LogP contribution is 2.37. The molecule has 4 aromatic rings. The molecule has 5 nitrogen and oxygen atoms in total. The van der Waals surface area contributed by atoms with Gasteiger partial charge in [-0.05, 0) is 66.1 Å². The van der Waals surface area contributed by atoms with E-state index < -0.39 is 6.04 Å². The van der Waals surface area contributed by atoms with E-state index in [2.05, 4.69) is 9.88 Å². The van der Waals surface area contributed by atoms with E-state index in [0.29, 0.717) is 18.0 Å². The summed E-state index contributed by atoms with van der Waals surface area (Å²) in [5.74, 6) is 0.275. The van der Waals surface area contributed by atoms with Gasteiger partial charge in [0.2, 0.25) is 0 Å². The molecule has 0 bridgehead atoms. The van der Waals surface area contributed by atoms with Crippen molar-refractivity contribution in [1.29, 1.82) is 0 Å². The summed E-state index contributed by atoms with van der Waals surface area (Å²) in [6, 6.07) is 23.3. The number of para-hydroxylation sites is 1. The van der Waals surface area contributed by atoms with E-state index in [-0.39, 0.29) is 11.8 Å². The van der Waals surface area contributed by atoms with Gasteiger partial charge in [-0.3, -0.25) is 0 Å². The van der Waals surface area contributed by atoms with Crippen LogP contribution in [-0.4, -0.2) is 22.6 Å². The molecule has 0 aliphatic carbocycles. The number of methoxy groups -OCH3 is 1. The van der Waals surface area contributed by atoms with Gasteiger partial charge in [-0.15, -0.1) is 0 Å². The second kappa shape index (κ2) is 8.47. The van der Waals surface area contributed by atoms with Gasteiger partial charge in [0.15, 0.2) is 0 Å². The Balaban J connectivity index is 1.63. The Bertz CT molecular complexity index is 1310. The Morgan fingerprint density at radius 1 is 1.03 bits per heavy atom. The van der Waals surface area contributed by atoms with Gasteiger partial charge < -0.3 is 19.5 Å². The molecule has 1 aliphatic rings. The zero-order valence-corrected chi connectivity index (χ0v) is 18.5. The van der Waals surface area contributed by atoms with E-state index in [0.717, 1.165) is 28.1 Å². The van der Waals surface area contributed by atoms with Crippen LogP contribution in [0.3, 0.4) is 0 Å². The molecule has 1 aromatic heterocycles. The average molecular weight is 442 g/mol. The van der Waals surface area contributed by atoms with Crippen molar-refractivity contribution in [2.24, 2.45) is 0 Å². The number of carbonyl (C=O) groups is 1. The van der Waals surface area contributed by atoms with Crippen molar-refractivity contribution in [1.82, 2.24) is 9.47 Å². The third kappa shape index (κ3) is 3.84. The maximum absolute atomic E-state index is 13.8. The highest BCUT2D eigenvalue weighted by Gasteiger charge is 2.33. The van der Waals surface area contributed by atoms with Gasteiger partial charge in [0.1, 0.15) is 11.6 Å². The minimum Gasteiger partial charge on any atom is -0.495 e. The van der Waals surface area contributed by atoms with Gasteiger partial charge in [0.25, 0.3) is 0 Å². The summed E-state index contributed by atoms with van der Waals surface area (Å²) in [7, 11) is 1.58. The van der Waals surface area contributed by atoms with E-state index in [1.54, 1.807) is 24.1 Å². The number of hydrogen-bond donors (Lipinski definition) is 1. The van der Waals surface area contributed by atoms with E-state index in [1.165, 1.54) is 12.1 Å². The fourth-order valence-corrected chi connectivity index (χ4v) is 4.44. The summed E-state index contributed by atoms with van der Waals surface area (Å²) >= 11 is 0. The smallest absolute Gasteiger partial charge is 0.323 e. The highest BCUT2D eigenvalue weighted by atomic mass is 19.1. The SMILES string of the molecule is COc1ccc(C)cc1NC(=O)N1Cc2ccccc2-n2cccc2[C@H]1c1ccc(F)cc1. The minimum absolute atomic E-state index is 0.266. The largest absolute Gasteiger partial charge is 0.495 e. The third-order valence-corrected chi connectivity index (χ3v) is 6.01. The number of urea groups is 1. The van der Waals surface area contributed by atoms with Crippen LogP contribution in [0, 0.1) is 12.7 Å². The zero-order valence-electron chi connectivity index (χ0n) is 18.5. The quantitative estimate of drug-likeness (QED) is 0.419. The lowest BCUT2D eigenvalue weighted by molar-refractivity contribution is 0.194. The Labute approximate surface area is 192 Å². The summed E-state index contributed by atoms with van der Waals surface area (Å²) in [5, 5.41) is 3.04. The van der Waals surface area contributed by atoms with Crippen molar-refractivity contribution in [2.75, 3.05) is 12.4 Å². The summed E-state index contributed by atoms with van der Waals surface area (Å²) in [4.78, 5) is 15.6. The third-order valence-electron chi connectivity index (χ3n) is 6.01. The number of anilines is 1. The van der Waals surface area contributed by atoms with E-state index >= 15 is 0 Å². The van der Waals surface area contributed by atoms with Crippen molar-refractivity contribution in [3.8, 4) is 11.4 Å². The number of nitrogens with one attached hydrogen (secondary N) is 1. The average Bonchev–Trinajstić information content (AvgIpc) is 3.24. The van der Waals surface area contributed by atoms with Crippen molar-refractivity contribution < 1.29 is 13.9 Å². The second-order valence-corrected chi connectivity index (χ2v) is 8.15. The van der Waals surface area contributed by atoms with Gasteiger partial charge in [0, 0.05) is 11.9 Å². The molecule has 1 aliphatic heterocycles. The summed E-state index contributed by atoms with van der Waals surface area (Å²) in [6.45, 7) is 2.35. The molecule has 2 heterocycles. The molecule has 0 unspecified atom stereocenters. The lowest BCUT2D eigenvalue weighted by Crippen LogP contribution is -2.38. The van der Waals surface area contributed by atoms with Crippen molar-refractivity contribution >= 4 is 11.7 Å². The molecular weight excluding hydrogens is 417 g/mol. The lowest BCUT2D eigenvalue weighted by atomic mass is 10.0. The molecule has 3 aromatic carbocycles. The Morgan fingerprint density at radius 2 is 1.82 bits per heavy atom. The number of benzene rings is 3. The molecule has 0 fully saturated rings. The standard InChI is InChI=1S/C27H24FN3O2/c1-18-9-14-25(33-2)22(16-18)29-27(32)31-17-20-6-3-4-7-23(20)30-15-5-8-24(30)26(31)19-10-12-21(28)13-11-19/h3-16,26H,17H2,1-2H3,(H,29,32)/t26-/m1/s1. The zero-order chi connectivity index (χ0) is 22.9. The van der Waals surface area contributed by atoms with Crippen LogP contribution in [-0.2, 0) is 6.54 Å². The van der Waals surface area contributed by atoms with Crippen LogP contribution < -0.4 is 10.1 Å². The van der Waals surface area contributed by atoms with Crippen LogP contribution in [0.4, 0.5) is 14.9 Å². The normalized spacial score (nSPS) is 14.8. The Morgan fingerprint density at radius 3 is 2.61 bits per heavy atom. The number of aryl methyl sites for hydroxylation is 1. The predicted octanol–water partition coefficient (Wildman–Crippen LogP) is 6.07. The molecule has 0 radical (unpaired) electrons. The number of fused-ring (bicyclic) bond motifs is 3. The number of carbonyl (C=O) groups excluding carboxylic acids is 1.